The molecule has 0 amide bonds. The second-order valence-electron chi connectivity index (χ2n) is 5.47. The number of carboxylic acid groups (broad SMARTS) is 5. The Bertz CT molecular complexity index is 972. The van der Waals surface area contributed by atoms with Crippen LogP contribution in [0.2, 0.25) is 0 Å². The molecule has 0 aromatic heterocycles. The topological polar surface area (TPSA) is 207 Å². The zero-order chi connectivity index (χ0) is 24.9. The van der Waals surface area contributed by atoms with Crippen LogP contribution in [0.25, 0.3) is 0 Å². The Hall–Kier alpha value is -3.89. The number of hydrogen-bond donors (Lipinski definition) is 6. The lowest BCUT2D eigenvalue weighted by atomic mass is 9.81. The molecule has 0 bridgehead atoms. The monoisotopic (exact) mass is 464 g/mol. The van der Waals surface area contributed by atoms with Gasteiger partial charge in [-0.05, 0) is 0 Å². The van der Waals surface area contributed by atoms with Crippen molar-refractivity contribution in [2.24, 2.45) is 0 Å². The Kier molecular flexibility index (Phi) is 6.02. The fourth-order valence-corrected chi connectivity index (χ4v) is 2.48. The molecule has 6 N–H and O–H groups in total. The molecule has 31 heavy (non-hydrogen) atoms. The minimum absolute atomic E-state index is 2.22. The number of hydrogen-bond acceptors (Lipinski definition) is 6. The van der Waals surface area contributed by atoms with Gasteiger partial charge in [-0.3, -0.25) is 0 Å². The van der Waals surface area contributed by atoms with E-state index in [0.717, 1.165) is 0 Å². The average Bonchev–Trinajstić information content (AvgIpc) is 2.56. The normalized spacial score (nSPS) is 13.9. The van der Waals surface area contributed by atoms with Crippen LogP contribution in [-0.4, -0.2) is 72.5 Å². The van der Waals surface area contributed by atoms with Crippen molar-refractivity contribution in [3.8, 4) is 0 Å². The number of aliphatic hydroxyl groups is 1. The molecule has 0 spiro atoms. The molecule has 170 valence electrons. The summed E-state index contributed by atoms with van der Waals surface area (Å²) in [7, 11) is 0. The second kappa shape index (κ2) is 7.42. The summed E-state index contributed by atoms with van der Waals surface area (Å²) >= 11 is 0. The quantitative estimate of drug-likeness (QED) is 0.319. The van der Waals surface area contributed by atoms with E-state index in [-0.39, 0.29) is 0 Å². The van der Waals surface area contributed by atoms with Crippen LogP contribution in [0.3, 0.4) is 0 Å². The molecule has 0 aliphatic carbocycles. The summed E-state index contributed by atoms with van der Waals surface area (Å²) in [4.78, 5) is 56.8. The zero-order valence-electron chi connectivity index (χ0n) is 14.0. The van der Waals surface area contributed by atoms with E-state index in [1.165, 1.54) is 0 Å². The van der Waals surface area contributed by atoms with E-state index >= 15 is 0 Å². The van der Waals surface area contributed by atoms with Crippen LogP contribution in [0.1, 0.15) is 57.4 Å². The van der Waals surface area contributed by atoms with Gasteiger partial charge in [-0.25, -0.2) is 24.0 Å². The van der Waals surface area contributed by atoms with Crippen LogP contribution in [0.15, 0.2) is 0 Å². The Labute approximate surface area is 163 Å². The number of alkyl halides is 6. The Morgan fingerprint density at radius 1 is 0.516 bits per heavy atom. The first-order valence-corrected chi connectivity index (χ1v) is 7.00. The van der Waals surface area contributed by atoms with Gasteiger partial charge < -0.3 is 30.6 Å². The SMILES string of the molecule is O=C(O)c1c(C(=O)O)c(C(=O)O)c(C(F)(F)C(O)(F)C(F)(F)F)c(C(=O)O)c1C(=O)O. The molecule has 0 radical (unpaired) electrons. The molecule has 0 saturated carbocycles. The summed E-state index contributed by atoms with van der Waals surface area (Å²) in [6, 6.07) is 0. The highest BCUT2D eigenvalue weighted by Crippen LogP contribution is 2.52. The van der Waals surface area contributed by atoms with Gasteiger partial charge in [0.25, 0.3) is 0 Å². The highest BCUT2D eigenvalue weighted by atomic mass is 19.4. The minimum atomic E-state index is -6.96. The lowest BCUT2D eigenvalue weighted by Gasteiger charge is -2.32. The molecule has 11 nitrogen and oxygen atoms in total. The molecule has 0 fully saturated rings. The minimum Gasteiger partial charge on any atom is -0.478 e. The smallest absolute Gasteiger partial charge is 0.455 e. The standard InChI is InChI=1S/C14H6F6O11/c15-12(16,13(17,31)14(18,19)20)6-4(10(27)28)2(8(23)24)1(7(21)22)3(9(25)26)5(6)11(29)30/h31H,(H,21,22)(H,23,24)(H,25,26)(H,27,28)(H,29,30). The molecule has 0 heterocycles. The number of carboxylic acids is 5. The number of aromatic carboxylic acids is 5. The van der Waals surface area contributed by atoms with Gasteiger partial charge in [0.1, 0.15) is 0 Å². The van der Waals surface area contributed by atoms with Crippen LogP contribution in [0.5, 0.6) is 0 Å². The lowest BCUT2D eigenvalue weighted by molar-refractivity contribution is -0.390. The lowest BCUT2D eigenvalue weighted by Crippen LogP contribution is -2.54. The van der Waals surface area contributed by atoms with E-state index in [4.69, 9.17) is 30.6 Å². The van der Waals surface area contributed by atoms with E-state index in [1.807, 2.05) is 0 Å². The molecule has 1 aromatic carbocycles. The summed E-state index contributed by atoms with van der Waals surface area (Å²) < 4.78 is 80.8. The first kappa shape index (κ1) is 25.1. The summed E-state index contributed by atoms with van der Waals surface area (Å²) in [5.74, 6) is -27.8. The van der Waals surface area contributed by atoms with E-state index in [1.54, 1.807) is 0 Å². The highest BCUT2D eigenvalue weighted by Gasteiger charge is 2.73. The first-order valence-electron chi connectivity index (χ1n) is 7.00. The van der Waals surface area contributed by atoms with E-state index in [0.29, 0.717) is 0 Å². The predicted octanol–water partition coefficient (Wildman–Crippen LogP) is 1.49. The van der Waals surface area contributed by atoms with E-state index in [2.05, 4.69) is 0 Å². The van der Waals surface area contributed by atoms with Gasteiger partial charge in [0.05, 0.1) is 33.4 Å². The van der Waals surface area contributed by atoms with Gasteiger partial charge in [-0.2, -0.15) is 26.3 Å². The zero-order valence-corrected chi connectivity index (χ0v) is 14.0. The maximum absolute atomic E-state index is 14.5. The van der Waals surface area contributed by atoms with Crippen molar-refractivity contribution < 1.29 is 81.0 Å². The Morgan fingerprint density at radius 2 is 0.742 bits per heavy atom. The van der Waals surface area contributed by atoms with Crippen molar-refractivity contribution in [2.45, 2.75) is 18.0 Å². The Morgan fingerprint density at radius 3 is 0.935 bits per heavy atom. The fraction of sp³-hybridized carbons (Fsp3) is 0.214. The van der Waals surface area contributed by atoms with Crippen molar-refractivity contribution in [3.63, 3.8) is 0 Å². The molecule has 17 heteroatoms. The number of rotatable bonds is 7. The van der Waals surface area contributed by atoms with Crippen LogP contribution in [0.4, 0.5) is 26.3 Å². The largest absolute Gasteiger partial charge is 0.478 e. The Balaban J connectivity index is 4.69. The maximum atomic E-state index is 14.5. The average molecular weight is 464 g/mol. The molecule has 1 rings (SSSR count). The predicted molar refractivity (Wildman–Crippen MR) is 77.2 cm³/mol. The van der Waals surface area contributed by atoms with Gasteiger partial charge in [0.2, 0.25) is 0 Å². The van der Waals surface area contributed by atoms with Crippen molar-refractivity contribution in [2.75, 3.05) is 0 Å². The maximum Gasteiger partial charge on any atom is 0.455 e. The number of benzene rings is 1. The first-order chi connectivity index (χ1) is 13.7. The number of carbonyl (C=O) groups is 5. The molecular formula is C14H6F6O11. The van der Waals surface area contributed by atoms with Crippen LogP contribution in [0, 0.1) is 0 Å². The molecule has 0 saturated heterocycles. The summed E-state index contributed by atoms with van der Waals surface area (Å²) in [5, 5.41) is 54.0. The van der Waals surface area contributed by atoms with Crippen molar-refractivity contribution in [1.29, 1.82) is 0 Å². The van der Waals surface area contributed by atoms with Gasteiger partial charge in [-0.1, -0.05) is 0 Å². The third-order valence-corrected chi connectivity index (χ3v) is 3.68. The van der Waals surface area contributed by atoms with Crippen molar-refractivity contribution >= 4 is 29.8 Å². The summed E-state index contributed by atoms with van der Waals surface area (Å²) in [6.45, 7) is 0. The van der Waals surface area contributed by atoms with E-state index in [9.17, 15) is 50.3 Å². The number of halogens is 6. The molecule has 1 unspecified atom stereocenters. The third-order valence-electron chi connectivity index (χ3n) is 3.68. The molecule has 1 aromatic rings. The second-order valence-corrected chi connectivity index (χ2v) is 5.47. The van der Waals surface area contributed by atoms with Crippen molar-refractivity contribution in [1.82, 2.24) is 0 Å². The third kappa shape index (κ3) is 3.69. The van der Waals surface area contributed by atoms with Gasteiger partial charge >= 0.3 is 47.8 Å². The van der Waals surface area contributed by atoms with Gasteiger partial charge in [0, 0.05) is 0 Å². The van der Waals surface area contributed by atoms with E-state index < -0.39 is 81.2 Å². The molecule has 1 atom stereocenters. The van der Waals surface area contributed by atoms with Crippen molar-refractivity contribution in [3.05, 3.63) is 33.4 Å². The molecule has 0 aliphatic rings. The van der Waals surface area contributed by atoms with Crippen LogP contribution in [-0.2, 0) is 5.92 Å². The summed E-state index contributed by atoms with van der Waals surface area (Å²) in [6.07, 6.45) is -6.96. The summed E-state index contributed by atoms with van der Waals surface area (Å²) in [5.41, 5.74) is -15.7. The molecular weight excluding hydrogens is 458 g/mol. The van der Waals surface area contributed by atoms with Crippen LogP contribution < -0.4 is 0 Å². The molecule has 0 aliphatic heterocycles. The van der Waals surface area contributed by atoms with Gasteiger partial charge in [0.15, 0.2) is 0 Å². The fourth-order valence-electron chi connectivity index (χ4n) is 2.48. The van der Waals surface area contributed by atoms with Crippen LogP contribution >= 0.6 is 0 Å². The highest BCUT2D eigenvalue weighted by molar-refractivity contribution is 6.19. The van der Waals surface area contributed by atoms with Gasteiger partial charge in [-0.15, -0.1) is 0 Å².